The van der Waals surface area contributed by atoms with Crippen molar-refractivity contribution >= 4 is 32.7 Å². The summed E-state index contributed by atoms with van der Waals surface area (Å²) in [7, 11) is -3.62. The molecule has 1 aromatic carbocycles. The third kappa shape index (κ3) is 3.24. The molecule has 2 aromatic rings. The first-order chi connectivity index (χ1) is 13.1. The van der Waals surface area contributed by atoms with Crippen LogP contribution in [0.4, 0.5) is 0 Å². The largest absolute Gasteiger partial charge is 0.486 e. The Labute approximate surface area is 167 Å². The van der Waals surface area contributed by atoms with Crippen molar-refractivity contribution in [1.29, 1.82) is 0 Å². The molecule has 0 saturated carbocycles. The van der Waals surface area contributed by atoms with E-state index in [4.69, 9.17) is 9.47 Å². The topological polar surface area (TPSA) is 86.7 Å². The van der Waals surface area contributed by atoms with Gasteiger partial charge in [-0.05, 0) is 35.6 Å². The molecule has 6 nitrogen and oxygen atoms in total. The first-order valence-electron chi connectivity index (χ1n) is 8.90. The van der Waals surface area contributed by atoms with Gasteiger partial charge < -0.3 is 9.47 Å². The number of carbonyl (C=O) groups is 2. The van der Waals surface area contributed by atoms with Gasteiger partial charge in [-0.15, -0.1) is 11.3 Å². The second-order valence-electron chi connectivity index (χ2n) is 7.97. The molecule has 0 N–H and O–H groups in total. The molecular formula is C20H20O6S2. The summed E-state index contributed by atoms with van der Waals surface area (Å²) in [5.41, 5.74) is 0.797. The zero-order chi connectivity index (χ0) is 20.3. The fourth-order valence-electron chi connectivity index (χ4n) is 3.72. The standard InChI is InChI=1S/C20H20O6S2/c1-20(2)9-12-16(13(21)10-20)19(28(3,23)24)27-18(12)17(22)11-4-5-14-15(8-11)26-7-6-25-14/h4-5,8H,6-7,9-10H2,1-3H3. The molecule has 2 aliphatic rings. The van der Waals surface area contributed by atoms with Gasteiger partial charge in [0.15, 0.2) is 27.1 Å². The maximum Gasteiger partial charge on any atom is 0.203 e. The molecule has 1 aliphatic heterocycles. The second-order valence-corrected chi connectivity index (χ2v) is 11.2. The number of sulfone groups is 1. The molecule has 4 rings (SSSR count). The lowest BCUT2D eigenvalue weighted by Crippen LogP contribution is -2.28. The quantitative estimate of drug-likeness (QED) is 0.708. The van der Waals surface area contributed by atoms with Crippen molar-refractivity contribution in [1.82, 2.24) is 0 Å². The molecule has 28 heavy (non-hydrogen) atoms. The summed E-state index contributed by atoms with van der Waals surface area (Å²) >= 11 is 0.897. The normalized spacial score (nSPS) is 17.9. The molecule has 8 heteroatoms. The van der Waals surface area contributed by atoms with Crippen molar-refractivity contribution in [2.24, 2.45) is 5.41 Å². The summed E-state index contributed by atoms with van der Waals surface area (Å²) in [6.45, 7) is 4.75. The van der Waals surface area contributed by atoms with Crippen LogP contribution in [-0.4, -0.2) is 39.5 Å². The monoisotopic (exact) mass is 420 g/mol. The molecular weight excluding hydrogens is 400 g/mol. The molecule has 2 heterocycles. The van der Waals surface area contributed by atoms with Gasteiger partial charge in [0.25, 0.3) is 0 Å². The van der Waals surface area contributed by atoms with Crippen LogP contribution < -0.4 is 9.47 Å². The van der Waals surface area contributed by atoms with E-state index in [2.05, 4.69) is 0 Å². The van der Waals surface area contributed by atoms with Crippen LogP contribution in [-0.2, 0) is 16.3 Å². The van der Waals surface area contributed by atoms with Gasteiger partial charge in [-0.1, -0.05) is 13.8 Å². The Morgan fingerprint density at radius 3 is 2.46 bits per heavy atom. The number of hydrogen-bond donors (Lipinski definition) is 0. The van der Waals surface area contributed by atoms with Crippen molar-refractivity contribution in [3.05, 3.63) is 39.8 Å². The Kier molecular flexibility index (Phi) is 4.39. The van der Waals surface area contributed by atoms with E-state index in [9.17, 15) is 18.0 Å². The lowest BCUT2D eigenvalue weighted by molar-refractivity contribution is 0.0909. The zero-order valence-corrected chi connectivity index (χ0v) is 17.5. The third-order valence-electron chi connectivity index (χ3n) is 4.90. The summed E-state index contributed by atoms with van der Waals surface area (Å²) in [5.74, 6) is 0.536. The van der Waals surface area contributed by atoms with Gasteiger partial charge in [0, 0.05) is 18.2 Å². The average molecular weight is 421 g/mol. The Morgan fingerprint density at radius 2 is 1.79 bits per heavy atom. The highest BCUT2D eigenvalue weighted by Gasteiger charge is 2.39. The van der Waals surface area contributed by atoms with Crippen LogP contribution in [0.25, 0.3) is 0 Å². The summed E-state index contributed by atoms with van der Waals surface area (Å²) in [6, 6.07) is 4.92. The minimum Gasteiger partial charge on any atom is -0.486 e. The third-order valence-corrected chi connectivity index (χ3v) is 7.96. The maximum absolute atomic E-state index is 13.3. The molecule has 1 aliphatic carbocycles. The minimum absolute atomic E-state index is 0.0103. The number of thiophene rings is 1. The van der Waals surface area contributed by atoms with Crippen molar-refractivity contribution in [2.75, 3.05) is 19.5 Å². The number of ether oxygens (including phenoxy) is 2. The van der Waals surface area contributed by atoms with Crippen molar-refractivity contribution < 1.29 is 27.5 Å². The minimum atomic E-state index is -3.62. The fraction of sp³-hybridized carbons (Fsp3) is 0.400. The van der Waals surface area contributed by atoms with Gasteiger partial charge in [0.2, 0.25) is 5.78 Å². The van der Waals surface area contributed by atoms with E-state index in [1.165, 1.54) is 0 Å². The van der Waals surface area contributed by atoms with E-state index in [0.717, 1.165) is 17.6 Å². The van der Waals surface area contributed by atoms with E-state index in [0.29, 0.717) is 47.1 Å². The smallest absolute Gasteiger partial charge is 0.203 e. The predicted molar refractivity (Wildman–Crippen MR) is 105 cm³/mol. The summed E-state index contributed by atoms with van der Waals surface area (Å²) in [6.07, 6.45) is 1.81. The Bertz CT molecular complexity index is 1110. The second kappa shape index (κ2) is 6.42. The molecule has 1 aromatic heterocycles. The van der Waals surface area contributed by atoms with Crippen LogP contribution in [0.1, 0.15) is 51.4 Å². The number of carbonyl (C=O) groups excluding carboxylic acids is 2. The number of hydrogen-bond acceptors (Lipinski definition) is 7. The average Bonchev–Trinajstić information content (AvgIpc) is 2.99. The first-order valence-corrected chi connectivity index (χ1v) is 11.6. The lowest BCUT2D eigenvalue weighted by Gasteiger charge is -2.29. The van der Waals surface area contributed by atoms with E-state index in [1.807, 2.05) is 13.8 Å². The lowest BCUT2D eigenvalue weighted by atomic mass is 9.74. The highest BCUT2D eigenvalue weighted by atomic mass is 32.2. The highest BCUT2D eigenvalue weighted by Crippen LogP contribution is 2.44. The molecule has 0 spiro atoms. The molecule has 0 bridgehead atoms. The first kappa shape index (κ1) is 19.1. The number of benzene rings is 1. The molecule has 0 unspecified atom stereocenters. The molecule has 0 fully saturated rings. The molecule has 0 amide bonds. The maximum atomic E-state index is 13.3. The van der Waals surface area contributed by atoms with E-state index < -0.39 is 9.84 Å². The highest BCUT2D eigenvalue weighted by molar-refractivity contribution is 7.92. The Balaban J connectivity index is 1.86. The van der Waals surface area contributed by atoms with Crippen LogP contribution in [0.5, 0.6) is 11.5 Å². The zero-order valence-electron chi connectivity index (χ0n) is 15.8. The fourth-order valence-corrected chi connectivity index (χ4v) is 6.21. The van der Waals surface area contributed by atoms with E-state index >= 15 is 0 Å². The molecule has 148 valence electrons. The number of fused-ring (bicyclic) bond motifs is 2. The van der Waals surface area contributed by atoms with Gasteiger partial charge in [-0.2, -0.15) is 0 Å². The van der Waals surface area contributed by atoms with Crippen LogP contribution in [0.3, 0.4) is 0 Å². The molecule has 0 radical (unpaired) electrons. The molecule has 0 atom stereocenters. The van der Waals surface area contributed by atoms with E-state index in [1.54, 1.807) is 18.2 Å². The van der Waals surface area contributed by atoms with Crippen LogP contribution >= 0.6 is 11.3 Å². The van der Waals surface area contributed by atoms with Crippen molar-refractivity contribution in [2.45, 2.75) is 30.9 Å². The summed E-state index contributed by atoms with van der Waals surface area (Å²) in [4.78, 5) is 26.3. The number of Topliss-reactive ketones (excluding diaryl/α,β-unsaturated/α-hetero) is 1. The SMILES string of the molecule is CC1(C)CC(=O)c2c(S(C)(=O)=O)sc(C(=O)c3ccc4c(c3)OCCO4)c2C1. The van der Waals surface area contributed by atoms with Crippen molar-refractivity contribution in [3.8, 4) is 11.5 Å². The van der Waals surface area contributed by atoms with E-state index in [-0.39, 0.29) is 33.2 Å². The molecule has 0 saturated heterocycles. The van der Waals surface area contributed by atoms with Crippen molar-refractivity contribution in [3.63, 3.8) is 0 Å². The Morgan fingerprint density at radius 1 is 1.11 bits per heavy atom. The van der Waals surface area contributed by atoms with Gasteiger partial charge in [-0.25, -0.2) is 8.42 Å². The van der Waals surface area contributed by atoms with Crippen LogP contribution in [0.15, 0.2) is 22.4 Å². The summed E-state index contributed by atoms with van der Waals surface area (Å²) in [5, 5.41) is 0. The van der Waals surface area contributed by atoms with Crippen LogP contribution in [0, 0.1) is 5.41 Å². The van der Waals surface area contributed by atoms with Gasteiger partial charge in [-0.3, -0.25) is 9.59 Å². The predicted octanol–water partition coefficient (Wildman–Crippen LogP) is 3.31. The number of ketones is 2. The van der Waals surface area contributed by atoms with Gasteiger partial charge in [0.1, 0.15) is 17.4 Å². The summed E-state index contributed by atoms with van der Waals surface area (Å²) < 4.78 is 35.6. The van der Waals surface area contributed by atoms with Gasteiger partial charge >= 0.3 is 0 Å². The van der Waals surface area contributed by atoms with Gasteiger partial charge in [0.05, 0.1) is 10.4 Å². The number of rotatable bonds is 3. The Hall–Kier alpha value is -2.19. The van der Waals surface area contributed by atoms with Crippen LogP contribution in [0.2, 0.25) is 0 Å².